The third-order valence-corrected chi connectivity index (χ3v) is 2.98. The minimum absolute atomic E-state index is 0.0849. The van der Waals surface area contributed by atoms with Crippen molar-refractivity contribution in [2.75, 3.05) is 10.6 Å². The second kappa shape index (κ2) is 7.40. The van der Waals surface area contributed by atoms with E-state index in [4.69, 9.17) is 15.8 Å². The van der Waals surface area contributed by atoms with Gasteiger partial charge < -0.3 is 10.6 Å². The third-order valence-electron chi connectivity index (χ3n) is 2.98. The molecule has 2 rings (SSSR count). The largest absolute Gasteiger partial charge is 0.345 e. The van der Waals surface area contributed by atoms with Gasteiger partial charge in [0.1, 0.15) is 23.9 Å². The third kappa shape index (κ3) is 4.07. The zero-order chi connectivity index (χ0) is 17.5. The fourth-order valence-corrected chi connectivity index (χ4v) is 1.98. The summed E-state index contributed by atoms with van der Waals surface area (Å²) in [5, 5.41) is 32.5. The Bertz CT molecular complexity index is 870. The van der Waals surface area contributed by atoms with Gasteiger partial charge in [-0.25, -0.2) is 9.97 Å². The lowest BCUT2D eigenvalue weighted by Gasteiger charge is -2.08. The lowest BCUT2D eigenvalue weighted by molar-refractivity contribution is 1.06. The number of benzene rings is 1. The molecular formula is C17H13N7. The van der Waals surface area contributed by atoms with Crippen molar-refractivity contribution < 1.29 is 0 Å². The Balaban J connectivity index is 2.17. The molecule has 0 aliphatic heterocycles. The number of nitrogens with zero attached hydrogens (tertiary/aromatic N) is 5. The van der Waals surface area contributed by atoms with Crippen LogP contribution in [-0.4, -0.2) is 9.97 Å². The van der Waals surface area contributed by atoms with Gasteiger partial charge in [0, 0.05) is 22.8 Å². The monoisotopic (exact) mass is 315 g/mol. The fourth-order valence-electron chi connectivity index (χ4n) is 1.98. The van der Waals surface area contributed by atoms with Crippen LogP contribution in [0.4, 0.5) is 17.3 Å². The first-order chi connectivity index (χ1) is 11.5. The van der Waals surface area contributed by atoms with E-state index in [0.717, 1.165) is 17.1 Å². The van der Waals surface area contributed by atoms with Crippen LogP contribution < -0.4 is 10.6 Å². The van der Waals surface area contributed by atoms with E-state index in [1.165, 1.54) is 0 Å². The molecule has 2 aromatic rings. The summed E-state index contributed by atoms with van der Waals surface area (Å²) in [6, 6.07) is 14.0. The number of hydrogen-bond acceptors (Lipinski definition) is 7. The van der Waals surface area contributed by atoms with Crippen LogP contribution in [0.15, 0.2) is 41.6 Å². The van der Waals surface area contributed by atoms with Crippen molar-refractivity contribution in [1.82, 2.24) is 9.97 Å². The van der Waals surface area contributed by atoms with Crippen LogP contribution in [-0.2, 0) is 0 Å². The summed E-state index contributed by atoms with van der Waals surface area (Å²) in [5.41, 5.74) is 2.75. The molecule has 0 amide bonds. The lowest BCUT2D eigenvalue weighted by atomic mass is 10.2. The molecule has 2 N–H and O–H groups in total. The van der Waals surface area contributed by atoms with E-state index in [0.29, 0.717) is 11.6 Å². The molecule has 0 aliphatic rings. The first kappa shape index (κ1) is 16.5. The maximum Gasteiger partial charge on any atom is 0.227 e. The first-order valence-corrected chi connectivity index (χ1v) is 6.96. The first-order valence-electron chi connectivity index (χ1n) is 6.96. The summed E-state index contributed by atoms with van der Waals surface area (Å²) < 4.78 is 0. The van der Waals surface area contributed by atoms with E-state index < -0.39 is 0 Å². The highest BCUT2D eigenvalue weighted by Gasteiger charge is 2.06. The molecule has 7 heteroatoms. The van der Waals surface area contributed by atoms with Crippen LogP contribution in [0.1, 0.15) is 11.4 Å². The number of aromatic nitrogens is 2. The molecule has 0 spiro atoms. The molecule has 0 saturated heterocycles. The molecule has 0 radical (unpaired) electrons. The molecule has 1 aromatic carbocycles. The lowest BCUT2D eigenvalue weighted by Crippen LogP contribution is -2.02. The predicted octanol–water partition coefficient (Wildman–Crippen LogP) is 3.07. The van der Waals surface area contributed by atoms with Gasteiger partial charge in [0.25, 0.3) is 0 Å². The van der Waals surface area contributed by atoms with Crippen molar-refractivity contribution in [2.45, 2.75) is 13.8 Å². The average molecular weight is 315 g/mol. The van der Waals surface area contributed by atoms with Crippen molar-refractivity contribution >= 4 is 17.3 Å². The Morgan fingerprint density at radius 2 is 1.42 bits per heavy atom. The molecule has 0 fully saturated rings. The molecule has 0 bridgehead atoms. The molecule has 24 heavy (non-hydrogen) atoms. The molecule has 7 nitrogen and oxygen atoms in total. The van der Waals surface area contributed by atoms with E-state index in [2.05, 4.69) is 20.6 Å². The number of anilines is 3. The average Bonchev–Trinajstić information content (AvgIpc) is 2.55. The summed E-state index contributed by atoms with van der Waals surface area (Å²) in [5.74, 6) is 0.502. The second-order valence-corrected chi connectivity index (χ2v) is 4.89. The van der Waals surface area contributed by atoms with Gasteiger partial charge >= 0.3 is 0 Å². The van der Waals surface area contributed by atoms with Gasteiger partial charge in [-0.3, -0.25) is 0 Å². The van der Waals surface area contributed by atoms with Crippen LogP contribution in [0.5, 0.6) is 0 Å². The number of nitriles is 3. The van der Waals surface area contributed by atoms with Crippen LogP contribution in [0, 0.1) is 47.8 Å². The highest BCUT2D eigenvalue weighted by atomic mass is 15.1. The van der Waals surface area contributed by atoms with E-state index >= 15 is 0 Å². The van der Waals surface area contributed by atoms with Crippen molar-refractivity contribution in [3.05, 3.63) is 53.0 Å². The van der Waals surface area contributed by atoms with Gasteiger partial charge in [-0.1, -0.05) is 0 Å². The van der Waals surface area contributed by atoms with E-state index in [-0.39, 0.29) is 11.3 Å². The maximum atomic E-state index is 9.02. The van der Waals surface area contributed by atoms with E-state index in [9.17, 15) is 0 Å². The van der Waals surface area contributed by atoms with Gasteiger partial charge in [0.15, 0.2) is 5.57 Å². The summed E-state index contributed by atoms with van der Waals surface area (Å²) in [6.45, 7) is 3.79. The molecule has 1 aromatic heterocycles. The minimum Gasteiger partial charge on any atom is -0.345 e. The highest BCUT2D eigenvalue weighted by Crippen LogP contribution is 2.19. The normalized spacial score (nSPS) is 9.12. The smallest absolute Gasteiger partial charge is 0.227 e. The van der Waals surface area contributed by atoms with Crippen LogP contribution in [0.25, 0.3) is 0 Å². The van der Waals surface area contributed by atoms with Crippen LogP contribution in [0.2, 0.25) is 0 Å². The van der Waals surface area contributed by atoms with Crippen LogP contribution >= 0.6 is 0 Å². The summed E-state index contributed by atoms with van der Waals surface area (Å²) in [4.78, 5) is 8.60. The molecule has 116 valence electrons. The number of aryl methyl sites for hydroxylation is 2. The van der Waals surface area contributed by atoms with Gasteiger partial charge in [-0.2, -0.15) is 15.8 Å². The molecular weight excluding hydrogens is 302 g/mol. The summed E-state index contributed by atoms with van der Waals surface area (Å²) >= 11 is 0. The Morgan fingerprint density at radius 1 is 0.875 bits per heavy atom. The second-order valence-electron chi connectivity index (χ2n) is 4.89. The van der Waals surface area contributed by atoms with Gasteiger partial charge in [-0.15, -0.1) is 0 Å². The van der Waals surface area contributed by atoms with Crippen molar-refractivity contribution in [2.24, 2.45) is 0 Å². The quantitative estimate of drug-likeness (QED) is 0.831. The fraction of sp³-hybridized carbons (Fsp3) is 0.118. The van der Waals surface area contributed by atoms with E-state index in [1.54, 1.807) is 36.4 Å². The Labute approximate surface area is 139 Å². The molecule has 1 heterocycles. The summed E-state index contributed by atoms with van der Waals surface area (Å²) in [6.07, 6.45) is 0. The molecule has 0 unspecified atom stereocenters. The molecule has 0 saturated carbocycles. The zero-order valence-electron chi connectivity index (χ0n) is 13.1. The highest BCUT2D eigenvalue weighted by molar-refractivity contribution is 5.63. The topological polar surface area (TPSA) is 121 Å². The number of hydrogen-bond donors (Lipinski definition) is 2. The van der Waals surface area contributed by atoms with Crippen LogP contribution in [0.3, 0.4) is 0 Å². The summed E-state index contributed by atoms with van der Waals surface area (Å²) in [7, 11) is 0. The van der Waals surface area contributed by atoms with E-state index in [1.807, 2.05) is 26.0 Å². The van der Waals surface area contributed by atoms with Gasteiger partial charge in [0.2, 0.25) is 5.95 Å². The minimum atomic E-state index is -0.261. The van der Waals surface area contributed by atoms with Crippen molar-refractivity contribution in [3.63, 3.8) is 0 Å². The molecule has 0 aliphatic carbocycles. The number of rotatable bonds is 4. The van der Waals surface area contributed by atoms with Gasteiger partial charge in [0.05, 0.1) is 0 Å². The number of allylic oxidation sites excluding steroid dienone is 2. The Kier molecular flexibility index (Phi) is 5.08. The SMILES string of the molecule is Cc1cc(C)nc(Nc2ccc(NC(C#N)=C(C#N)C#N)cc2)n1. The number of nitrogens with one attached hydrogen (secondary N) is 2. The molecule has 0 atom stereocenters. The van der Waals surface area contributed by atoms with Crippen molar-refractivity contribution in [3.8, 4) is 18.2 Å². The Morgan fingerprint density at radius 3 is 1.92 bits per heavy atom. The standard InChI is InChI=1S/C17H13N7/c1-11-7-12(2)22-17(21-11)24-15-5-3-14(4-6-15)23-16(10-20)13(8-18)9-19/h3-7,23H,1-2H3,(H,21,22,24). The zero-order valence-corrected chi connectivity index (χ0v) is 13.1. The predicted molar refractivity (Wildman–Crippen MR) is 88.7 cm³/mol. The van der Waals surface area contributed by atoms with Crippen molar-refractivity contribution in [1.29, 1.82) is 15.8 Å². The maximum absolute atomic E-state index is 9.02. The van der Waals surface area contributed by atoms with Gasteiger partial charge in [-0.05, 0) is 44.2 Å². The Hall–Kier alpha value is -3.89.